The largest absolute Gasteiger partial charge is 0.493 e. The molecule has 0 fully saturated rings. The van der Waals surface area contributed by atoms with E-state index in [1.807, 2.05) is 0 Å². The van der Waals surface area contributed by atoms with Gasteiger partial charge in [-0.3, -0.25) is 5.43 Å². The van der Waals surface area contributed by atoms with E-state index in [-0.39, 0.29) is 5.82 Å². The van der Waals surface area contributed by atoms with Gasteiger partial charge in [-0.15, -0.1) is 0 Å². The van der Waals surface area contributed by atoms with Gasteiger partial charge < -0.3 is 14.2 Å². The summed E-state index contributed by atoms with van der Waals surface area (Å²) in [6, 6.07) is 5.48. The van der Waals surface area contributed by atoms with Crippen LogP contribution >= 0.6 is 0 Å². The van der Waals surface area contributed by atoms with Gasteiger partial charge in [-0.25, -0.2) is 4.98 Å². The summed E-state index contributed by atoms with van der Waals surface area (Å²) in [4.78, 5) is 3.66. The van der Waals surface area contributed by atoms with Crippen LogP contribution in [0.4, 0.5) is 19.0 Å². The van der Waals surface area contributed by atoms with Crippen LogP contribution in [-0.2, 0) is 6.18 Å². The number of halogens is 3. The fraction of sp³-hybridized carbons (Fsp3) is 0.250. The van der Waals surface area contributed by atoms with Crippen molar-refractivity contribution < 1.29 is 27.4 Å². The predicted molar refractivity (Wildman–Crippen MR) is 86.6 cm³/mol. The van der Waals surface area contributed by atoms with E-state index in [0.29, 0.717) is 22.8 Å². The Bertz CT molecular complexity index is 747. The van der Waals surface area contributed by atoms with Crippen LogP contribution in [0.25, 0.3) is 0 Å². The van der Waals surface area contributed by atoms with Crippen LogP contribution in [0.5, 0.6) is 17.2 Å². The van der Waals surface area contributed by atoms with Gasteiger partial charge in [0, 0.05) is 11.8 Å². The van der Waals surface area contributed by atoms with Gasteiger partial charge in [0.05, 0.1) is 33.1 Å². The van der Waals surface area contributed by atoms with E-state index in [1.54, 1.807) is 12.1 Å². The molecule has 0 atom stereocenters. The maximum Gasteiger partial charge on any atom is 0.417 e. The molecule has 0 saturated heterocycles. The first-order chi connectivity index (χ1) is 11.9. The number of hydrazone groups is 1. The highest BCUT2D eigenvalue weighted by molar-refractivity contribution is 5.86. The molecule has 1 aromatic heterocycles. The number of methoxy groups -OCH3 is 3. The van der Waals surface area contributed by atoms with Crippen molar-refractivity contribution >= 4 is 12.0 Å². The van der Waals surface area contributed by atoms with Gasteiger partial charge in [0.1, 0.15) is 5.82 Å². The zero-order valence-electron chi connectivity index (χ0n) is 13.7. The highest BCUT2D eigenvalue weighted by Gasteiger charge is 2.30. The molecule has 0 amide bonds. The third-order valence-electron chi connectivity index (χ3n) is 3.21. The van der Waals surface area contributed by atoms with E-state index in [0.717, 1.165) is 12.3 Å². The SMILES string of the molecule is COc1ccc(/C=N\Nc2ccc(C(F)(F)F)cn2)c(OC)c1OC. The highest BCUT2D eigenvalue weighted by Crippen LogP contribution is 2.39. The molecule has 1 aromatic carbocycles. The number of benzene rings is 1. The molecule has 0 saturated carbocycles. The monoisotopic (exact) mass is 355 g/mol. The van der Waals surface area contributed by atoms with Gasteiger partial charge in [0.25, 0.3) is 0 Å². The second kappa shape index (κ2) is 7.73. The number of hydrogen-bond acceptors (Lipinski definition) is 6. The molecule has 0 aliphatic rings. The van der Waals surface area contributed by atoms with Crippen LogP contribution in [0.15, 0.2) is 35.6 Å². The van der Waals surface area contributed by atoms with Gasteiger partial charge in [0.2, 0.25) is 5.75 Å². The van der Waals surface area contributed by atoms with Crippen molar-refractivity contribution in [2.45, 2.75) is 6.18 Å². The van der Waals surface area contributed by atoms with Gasteiger partial charge in [0.15, 0.2) is 11.5 Å². The third kappa shape index (κ3) is 4.31. The lowest BCUT2D eigenvalue weighted by molar-refractivity contribution is -0.137. The molecule has 0 aliphatic carbocycles. The smallest absolute Gasteiger partial charge is 0.417 e. The van der Waals surface area contributed by atoms with Crippen LogP contribution < -0.4 is 19.6 Å². The molecule has 0 unspecified atom stereocenters. The third-order valence-corrected chi connectivity index (χ3v) is 3.21. The van der Waals surface area contributed by atoms with Crippen molar-refractivity contribution in [3.05, 3.63) is 41.6 Å². The Labute approximate surface area is 142 Å². The van der Waals surface area contributed by atoms with Crippen LogP contribution in [0.1, 0.15) is 11.1 Å². The van der Waals surface area contributed by atoms with E-state index < -0.39 is 11.7 Å². The van der Waals surface area contributed by atoms with Crippen molar-refractivity contribution in [3.8, 4) is 17.2 Å². The molecule has 0 spiro atoms. The Hall–Kier alpha value is -2.97. The van der Waals surface area contributed by atoms with Crippen molar-refractivity contribution in [1.82, 2.24) is 4.98 Å². The topological polar surface area (TPSA) is 65.0 Å². The average Bonchev–Trinajstić information content (AvgIpc) is 2.60. The number of rotatable bonds is 6. The van der Waals surface area contributed by atoms with E-state index in [9.17, 15) is 13.2 Å². The number of pyridine rings is 1. The van der Waals surface area contributed by atoms with E-state index in [4.69, 9.17) is 14.2 Å². The molecule has 134 valence electrons. The van der Waals surface area contributed by atoms with Crippen LogP contribution in [0, 0.1) is 0 Å². The molecule has 9 heteroatoms. The molecule has 0 aliphatic heterocycles. The maximum atomic E-state index is 12.5. The summed E-state index contributed by atoms with van der Waals surface area (Å²) in [5, 5.41) is 3.95. The summed E-state index contributed by atoms with van der Waals surface area (Å²) in [7, 11) is 4.45. The normalized spacial score (nSPS) is 11.4. The Balaban J connectivity index is 2.17. The molecule has 25 heavy (non-hydrogen) atoms. The lowest BCUT2D eigenvalue weighted by atomic mass is 10.2. The second-order valence-corrected chi connectivity index (χ2v) is 4.72. The second-order valence-electron chi connectivity index (χ2n) is 4.72. The zero-order valence-corrected chi connectivity index (χ0v) is 13.7. The van der Waals surface area contributed by atoms with Crippen LogP contribution in [0.3, 0.4) is 0 Å². The van der Waals surface area contributed by atoms with E-state index in [1.165, 1.54) is 33.6 Å². The van der Waals surface area contributed by atoms with Crippen molar-refractivity contribution in [2.75, 3.05) is 26.8 Å². The fourth-order valence-corrected chi connectivity index (χ4v) is 2.02. The molecule has 0 radical (unpaired) electrons. The van der Waals surface area contributed by atoms with Gasteiger partial charge in [-0.1, -0.05) is 0 Å². The Morgan fingerprint density at radius 3 is 2.24 bits per heavy atom. The number of alkyl halides is 3. The zero-order chi connectivity index (χ0) is 18.4. The minimum Gasteiger partial charge on any atom is -0.493 e. The maximum absolute atomic E-state index is 12.5. The van der Waals surface area contributed by atoms with Gasteiger partial charge >= 0.3 is 6.18 Å². The predicted octanol–water partition coefficient (Wildman–Crippen LogP) is 3.57. The quantitative estimate of drug-likeness (QED) is 0.634. The first-order valence-electron chi connectivity index (χ1n) is 7.02. The number of nitrogens with zero attached hydrogens (tertiary/aromatic N) is 2. The van der Waals surface area contributed by atoms with E-state index >= 15 is 0 Å². The summed E-state index contributed by atoms with van der Waals surface area (Å²) < 4.78 is 53.2. The lowest BCUT2D eigenvalue weighted by Gasteiger charge is -2.13. The summed E-state index contributed by atoms with van der Waals surface area (Å²) in [5.74, 6) is 1.48. The lowest BCUT2D eigenvalue weighted by Crippen LogP contribution is -2.05. The fourth-order valence-electron chi connectivity index (χ4n) is 2.02. The standard InChI is InChI=1S/C16H16F3N3O3/c1-23-12-6-4-10(14(24-2)15(12)25-3)8-21-22-13-7-5-11(9-20-13)16(17,18)19/h4-9H,1-3H3,(H,20,22)/b21-8-. The molecule has 2 aromatic rings. The minimum absolute atomic E-state index is 0.170. The van der Waals surface area contributed by atoms with Crippen LogP contribution in [0.2, 0.25) is 0 Å². The van der Waals surface area contributed by atoms with E-state index in [2.05, 4.69) is 15.5 Å². The Kier molecular flexibility index (Phi) is 5.68. The minimum atomic E-state index is -4.43. The molecular formula is C16H16F3N3O3. The summed E-state index contributed by atoms with van der Waals surface area (Å²) in [5.41, 5.74) is 2.31. The van der Waals surface area contributed by atoms with Gasteiger partial charge in [-0.05, 0) is 24.3 Å². The van der Waals surface area contributed by atoms with Crippen molar-refractivity contribution in [2.24, 2.45) is 5.10 Å². The first kappa shape index (κ1) is 18.4. The molecule has 2 rings (SSSR count). The molecule has 0 bridgehead atoms. The van der Waals surface area contributed by atoms with Gasteiger partial charge in [-0.2, -0.15) is 18.3 Å². The molecule has 1 N–H and O–H groups in total. The summed E-state index contributed by atoms with van der Waals surface area (Å²) in [6.45, 7) is 0. The number of aromatic nitrogens is 1. The Morgan fingerprint density at radius 1 is 1.00 bits per heavy atom. The number of nitrogens with one attached hydrogen (secondary N) is 1. The van der Waals surface area contributed by atoms with Crippen molar-refractivity contribution in [1.29, 1.82) is 0 Å². The highest BCUT2D eigenvalue weighted by atomic mass is 19.4. The average molecular weight is 355 g/mol. The summed E-state index contributed by atoms with van der Waals surface area (Å²) >= 11 is 0. The molecule has 1 heterocycles. The Morgan fingerprint density at radius 2 is 1.72 bits per heavy atom. The molecule has 6 nitrogen and oxygen atoms in total. The number of anilines is 1. The van der Waals surface area contributed by atoms with Crippen LogP contribution in [-0.4, -0.2) is 32.5 Å². The number of ether oxygens (including phenoxy) is 3. The molecular weight excluding hydrogens is 339 g/mol. The number of hydrogen-bond donors (Lipinski definition) is 1. The first-order valence-corrected chi connectivity index (χ1v) is 7.02. The summed E-state index contributed by atoms with van der Waals surface area (Å²) in [6.07, 6.45) is -2.27. The van der Waals surface area contributed by atoms with Crippen molar-refractivity contribution in [3.63, 3.8) is 0 Å².